The number of benzene rings is 2. The lowest BCUT2D eigenvalue weighted by atomic mass is 9.68. The molecule has 0 aromatic heterocycles. The summed E-state index contributed by atoms with van der Waals surface area (Å²) >= 11 is 0. The highest BCUT2D eigenvalue weighted by Gasteiger charge is 2.49. The van der Waals surface area contributed by atoms with E-state index >= 15 is 0 Å². The smallest absolute Gasteiger partial charge is 0.315 e. The molecule has 182 valence electrons. The summed E-state index contributed by atoms with van der Waals surface area (Å²) in [6, 6.07) is 15.7. The van der Waals surface area contributed by atoms with Crippen LogP contribution in [-0.4, -0.2) is 38.4 Å². The number of carbonyl (C=O) groups excluding carboxylic acids is 1. The van der Waals surface area contributed by atoms with Crippen molar-refractivity contribution in [3.63, 3.8) is 0 Å². The fourth-order valence-electron chi connectivity index (χ4n) is 6.81. The number of urea groups is 1. The quantitative estimate of drug-likeness (QED) is 0.616. The van der Waals surface area contributed by atoms with E-state index in [0.29, 0.717) is 5.92 Å². The van der Waals surface area contributed by atoms with Crippen LogP contribution >= 0.6 is 0 Å². The predicted molar refractivity (Wildman–Crippen MR) is 138 cm³/mol. The van der Waals surface area contributed by atoms with Crippen LogP contribution in [0.5, 0.6) is 0 Å². The largest absolute Gasteiger partial charge is 0.381 e. The van der Waals surface area contributed by atoms with E-state index in [-0.39, 0.29) is 17.1 Å². The zero-order valence-corrected chi connectivity index (χ0v) is 21.0. The Labute approximate surface area is 204 Å². The first-order chi connectivity index (χ1) is 16.5. The van der Waals surface area contributed by atoms with Crippen LogP contribution in [0.3, 0.4) is 0 Å². The minimum absolute atomic E-state index is 0.0205. The number of hydrogen-bond donors (Lipinski definition) is 2. The normalized spacial score (nSPS) is 28.7. The Morgan fingerprint density at radius 1 is 1.00 bits per heavy atom. The molecule has 2 amide bonds. The van der Waals surface area contributed by atoms with Crippen LogP contribution < -0.4 is 15.5 Å². The van der Waals surface area contributed by atoms with Gasteiger partial charge in [0.05, 0.1) is 17.7 Å². The molecule has 2 saturated heterocycles. The topological polar surface area (TPSA) is 53.6 Å². The van der Waals surface area contributed by atoms with Crippen molar-refractivity contribution < 1.29 is 9.53 Å². The summed E-state index contributed by atoms with van der Waals surface area (Å²) in [5.74, 6) is 0.524. The molecule has 1 aliphatic carbocycles. The Bertz CT molecular complexity index is 1020. The molecule has 34 heavy (non-hydrogen) atoms. The average Bonchev–Trinajstić information content (AvgIpc) is 3.54. The number of anilines is 1. The van der Waals surface area contributed by atoms with Crippen molar-refractivity contribution in [2.75, 3.05) is 31.7 Å². The first-order valence-electron chi connectivity index (χ1n) is 13.1. The Morgan fingerprint density at radius 2 is 1.74 bits per heavy atom. The number of ether oxygens (including phenoxy) is 1. The second-order valence-corrected chi connectivity index (χ2v) is 10.4. The van der Waals surface area contributed by atoms with E-state index in [1.807, 2.05) is 0 Å². The molecule has 3 fully saturated rings. The second kappa shape index (κ2) is 9.26. The number of carbonyl (C=O) groups is 1. The summed E-state index contributed by atoms with van der Waals surface area (Å²) in [5.41, 5.74) is 7.03. The van der Waals surface area contributed by atoms with Gasteiger partial charge in [0.2, 0.25) is 0 Å². The van der Waals surface area contributed by atoms with Crippen molar-refractivity contribution in [2.24, 2.45) is 0 Å². The summed E-state index contributed by atoms with van der Waals surface area (Å²) in [6.45, 7) is 7.05. The van der Waals surface area contributed by atoms with Crippen molar-refractivity contribution >= 4 is 11.7 Å². The van der Waals surface area contributed by atoms with Gasteiger partial charge in [-0.2, -0.15) is 0 Å². The van der Waals surface area contributed by atoms with Gasteiger partial charge in [-0.15, -0.1) is 0 Å². The van der Waals surface area contributed by atoms with Gasteiger partial charge in [0.1, 0.15) is 0 Å². The first-order valence-corrected chi connectivity index (χ1v) is 13.1. The van der Waals surface area contributed by atoms with Crippen LogP contribution in [-0.2, 0) is 23.1 Å². The van der Waals surface area contributed by atoms with Gasteiger partial charge < -0.3 is 20.3 Å². The molecule has 2 aliphatic heterocycles. The van der Waals surface area contributed by atoms with Gasteiger partial charge in [0, 0.05) is 31.8 Å². The molecule has 5 heteroatoms. The van der Waals surface area contributed by atoms with E-state index in [9.17, 15) is 4.79 Å². The Hall–Kier alpha value is -2.53. The molecule has 0 bridgehead atoms. The van der Waals surface area contributed by atoms with Gasteiger partial charge in [-0.1, -0.05) is 50.2 Å². The van der Waals surface area contributed by atoms with Crippen molar-refractivity contribution in [3.8, 4) is 0 Å². The maximum atomic E-state index is 12.0. The molecule has 1 spiro atoms. The summed E-state index contributed by atoms with van der Waals surface area (Å²) in [7, 11) is 2.29. The molecule has 5 rings (SSSR count). The molecule has 2 N–H and O–H groups in total. The summed E-state index contributed by atoms with van der Waals surface area (Å²) in [6.07, 6.45) is 7.18. The number of amides is 2. The first kappa shape index (κ1) is 23.2. The summed E-state index contributed by atoms with van der Waals surface area (Å²) in [5, 5.41) is 6.24. The Kier molecular flexibility index (Phi) is 6.32. The Morgan fingerprint density at radius 3 is 2.32 bits per heavy atom. The van der Waals surface area contributed by atoms with Crippen LogP contribution in [0, 0.1) is 0 Å². The predicted octanol–water partition coefficient (Wildman–Crippen LogP) is 5.27. The monoisotopic (exact) mass is 461 g/mol. The minimum Gasteiger partial charge on any atom is -0.381 e. The molecule has 1 unspecified atom stereocenters. The zero-order chi connectivity index (χ0) is 23.8. The van der Waals surface area contributed by atoms with E-state index in [4.69, 9.17) is 4.74 Å². The second-order valence-electron chi connectivity index (χ2n) is 10.4. The van der Waals surface area contributed by atoms with E-state index in [2.05, 4.69) is 78.9 Å². The molecular formula is C29H39N3O2. The Balaban J connectivity index is 1.55. The van der Waals surface area contributed by atoms with E-state index in [0.717, 1.165) is 64.7 Å². The van der Waals surface area contributed by atoms with Gasteiger partial charge in [0.25, 0.3) is 0 Å². The maximum absolute atomic E-state index is 12.0. The third-order valence-electron chi connectivity index (χ3n) is 8.83. The van der Waals surface area contributed by atoms with Crippen LogP contribution in [0.4, 0.5) is 10.5 Å². The van der Waals surface area contributed by atoms with E-state index in [1.54, 1.807) is 0 Å². The molecule has 2 heterocycles. The minimum atomic E-state index is -0.106. The van der Waals surface area contributed by atoms with Gasteiger partial charge >= 0.3 is 6.03 Å². The molecule has 3 aliphatic rings. The van der Waals surface area contributed by atoms with Crippen molar-refractivity contribution in [1.82, 2.24) is 10.6 Å². The van der Waals surface area contributed by atoms with Crippen LogP contribution in [0.1, 0.15) is 74.1 Å². The highest BCUT2D eigenvalue weighted by molar-refractivity contribution is 5.77. The molecule has 2 aromatic carbocycles. The van der Waals surface area contributed by atoms with Crippen molar-refractivity contribution in [3.05, 3.63) is 64.7 Å². The summed E-state index contributed by atoms with van der Waals surface area (Å²) < 4.78 is 5.74. The lowest BCUT2D eigenvalue weighted by molar-refractivity contribution is 0.186. The van der Waals surface area contributed by atoms with Crippen molar-refractivity contribution in [2.45, 2.75) is 75.8 Å². The van der Waals surface area contributed by atoms with Crippen LogP contribution in [0.25, 0.3) is 0 Å². The van der Waals surface area contributed by atoms with Crippen molar-refractivity contribution in [1.29, 1.82) is 0 Å². The number of nitrogens with zero attached hydrogens (tertiary/aromatic N) is 1. The third-order valence-corrected chi connectivity index (χ3v) is 8.83. The number of hydrogen-bond acceptors (Lipinski definition) is 3. The SMILES string of the molecule is CCc1c(C2CCOC2)ccc(N(C)C2(c3ccccc3)CCC3(CC2)CNC(=O)N3)c1CC. The molecular weight excluding hydrogens is 422 g/mol. The highest BCUT2D eigenvalue weighted by atomic mass is 16.5. The van der Waals surface area contributed by atoms with Gasteiger partial charge in [-0.3, -0.25) is 0 Å². The molecule has 5 nitrogen and oxygen atoms in total. The summed E-state index contributed by atoms with van der Waals surface area (Å²) in [4.78, 5) is 14.5. The van der Waals surface area contributed by atoms with Crippen LogP contribution in [0.2, 0.25) is 0 Å². The molecule has 1 saturated carbocycles. The number of nitrogens with one attached hydrogen (secondary N) is 2. The molecule has 2 aromatic rings. The fourth-order valence-corrected chi connectivity index (χ4v) is 6.81. The van der Waals surface area contributed by atoms with E-state index < -0.39 is 0 Å². The average molecular weight is 462 g/mol. The van der Waals surface area contributed by atoms with Gasteiger partial charge in [-0.05, 0) is 73.3 Å². The molecule has 1 atom stereocenters. The highest BCUT2D eigenvalue weighted by Crippen LogP contribution is 2.48. The lowest BCUT2D eigenvalue weighted by Gasteiger charge is -2.51. The van der Waals surface area contributed by atoms with Gasteiger partial charge in [-0.25, -0.2) is 4.79 Å². The zero-order valence-electron chi connectivity index (χ0n) is 21.0. The lowest BCUT2D eigenvalue weighted by Crippen LogP contribution is -2.55. The third kappa shape index (κ3) is 3.88. The van der Waals surface area contributed by atoms with E-state index in [1.165, 1.54) is 27.9 Å². The maximum Gasteiger partial charge on any atom is 0.315 e. The standard InChI is InChI=1S/C29H39N3O2/c1-4-23-24(5-2)26(12-11-25(23)21-13-18-34-19-21)32(3)29(22-9-7-6-8-10-22)16-14-28(15-17-29)20-30-27(33)31-28/h6-12,21H,4-5,13-20H2,1-3H3,(H2,30,31,33). The molecule has 0 radical (unpaired) electrons. The number of rotatable bonds is 6. The van der Waals surface area contributed by atoms with Crippen LogP contribution in [0.15, 0.2) is 42.5 Å². The fraction of sp³-hybridized carbons (Fsp3) is 0.552. The van der Waals surface area contributed by atoms with Gasteiger partial charge in [0.15, 0.2) is 0 Å².